The molecule has 1 aromatic heterocycles. The molecule has 4 nitrogen and oxygen atoms in total. The van der Waals surface area contributed by atoms with E-state index in [0.717, 1.165) is 12.1 Å². The Morgan fingerprint density at radius 1 is 0.963 bits per heavy atom. The maximum Gasteiger partial charge on any atom is 0.222 e. The fourth-order valence-electron chi connectivity index (χ4n) is 2.18. The highest BCUT2D eigenvalue weighted by Gasteiger charge is 2.14. The van der Waals surface area contributed by atoms with E-state index in [4.69, 9.17) is 14.7 Å². The molecule has 136 valence electrons. The lowest BCUT2D eigenvalue weighted by Gasteiger charge is -2.10. The number of rotatable bonds is 4. The summed E-state index contributed by atoms with van der Waals surface area (Å²) in [7, 11) is 0. The molecule has 2 aromatic carbocycles. The van der Waals surface area contributed by atoms with Crippen molar-refractivity contribution in [1.82, 2.24) is 4.98 Å². The van der Waals surface area contributed by atoms with Gasteiger partial charge in [0.25, 0.3) is 0 Å². The van der Waals surface area contributed by atoms with E-state index in [2.05, 4.69) is 20.9 Å². The predicted molar refractivity (Wildman–Crippen MR) is 94.3 cm³/mol. The number of nitriles is 1. The van der Waals surface area contributed by atoms with Crippen LogP contribution in [0.4, 0.5) is 13.2 Å². The standard InChI is InChI=1S/C19H10BrF3N2O2/c1-10-11(9-24)5-6-15(19(10)23)26-17-3-2-4-18(25-17)27-16-8-13(21)12(20)7-14(16)22/h2-8H,1H3. The molecule has 0 aliphatic heterocycles. The molecule has 0 aliphatic rings. The Morgan fingerprint density at radius 2 is 1.63 bits per heavy atom. The van der Waals surface area contributed by atoms with Crippen LogP contribution in [0.2, 0.25) is 0 Å². The van der Waals surface area contributed by atoms with E-state index < -0.39 is 17.5 Å². The van der Waals surface area contributed by atoms with Crippen molar-refractivity contribution in [3.63, 3.8) is 0 Å². The summed E-state index contributed by atoms with van der Waals surface area (Å²) in [6, 6.07) is 10.8. The van der Waals surface area contributed by atoms with Crippen LogP contribution in [0.15, 0.2) is 46.9 Å². The van der Waals surface area contributed by atoms with Gasteiger partial charge < -0.3 is 9.47 Å². The van der Waals surface area contributed by atoms with Gasteiger partial charge >= 0.3 is 0 Å². The summed E-state index contributed by atoms with van der Waals surface area (Å²) in [5.41, 5.74) is 0.340. The van der Waals surface area contributed by atoms with E-state index in [1.807, 2.05) is 6.07 Å². The molecule has 27 heavy (non-hydrogen) atoms. The summed E-state index contributed by atoms with van der Waals surface area (Å²) in [5.74, 6) is -2.76. The molecule has 0 N–H and O–H groups in total. The van der Waals surface area contributed by atoms with Crippen molar-refractivity contribution in [3.8, 4) is 29.3 Å². The first-order valence-electron chi connectivity index (χ1n) is 7.55. The average Bonchev–Trinajstić information content (AvgIpc) is 2.64. The molecule has 0 bridgehead atoms. The van der Waals surface area contributed by atoms with Gasteiger partial charge in [-0.25, -0.2) is 13.2 Å². The minimum atomic E-state index is -0.787. The van der Waals surface area contributed by atoms with Gasteiger partial charge in [0.2, 0.25) is 11.8 Å². The number of hydrogen-bond donors (Lipinski definition) is 0. The Kier molecular flexibility index (Phi) is 5.33. The van der Waals surface area contributed by atoms with Gasteiger partial charge in [-0.15, -0.1) is 0 Å². The fourth-order valence-corrected chi connectivity index (χ4v) is 2.49. The number of ether oxygens (including phenoxy) is 2. The summed E-state index contributed by atoms with van der Waals surface area (Å²) in [6.07, 6.45) is 0. The summed E-state index contributed by atoms with van der Waals surface area (Å²) in [5, 5.41) is 8.91. The molecule has 0 saturated heterocycles. The zero-order chi connectivity index (χ0) is 19.6. The van der Waals surface area contributed by atoms with Gasteiger partial charge in [-0.05, 0) is 41.1 Å². The number of aromatic nitrogens is 1. The summed E-state index contributed by atoms with van der Waals surface area (Å²) in [6.45, 7) is 1.46. The van der Waals surface area contributed by atoms with Gasteiger partial charge in [0.1, 0.15) is 5.82 Å². The molecule has 1 heterocycles. The first-order chi connectivity index (χ1) is 12.9. The SMILES string of the molecule is Cc1c(C#N)ccc(Oc2cccc(Oc3cc(F)c(Br)cc3F)n2)c1F. The minimum absolute atomic E-state index is 0.0199. The zero-order valence-corrected chi connectivity index (χ0v) is 15.4. The van der Waals surface area contributed by atoms with Crippen LogP contribution in [-0.2, 0) is 0 Å². The Balaban J connectivity index is 1.86. The topological polar surface area (TPSA) is 55.1 Å². The van der Waals surface area contributed by atoms with Crippen LogP contribution in [0.1, 0.15) is 11.1 Å². The minimum Gasteiger partial charge on any atom is -0.436 e. The van der Waals surface area contributed by atoms with Crippen LogP contribution in [0.5, 0.6) is 23.3 Å². The molecule has 3 rings (SSSR count). The van der Waals surface area contributed by atoms with E-state index >= 15 is 0 Å². The largest absolute Gasteiger partial charge is 0.436 e. The third kappa shape index (κ3) is 4.04. The first-order valence-corrected chi connectivity index (χ1v) is 8.35. The van der Waals surface area contributed by atoms with E-state index in [1.54, 1.807) is 0 Å². The summed E-state index contributed by atoms with van der Waals surface area (Å²) in [4.78, 5) is 3.99. The van der Waals surface area contributed by atoms with Crippen molar-refractivity contribution in [1.29, 1.82) is 5.26 Å². The van der Waals surface area contributed by atoms with E-state index in [0.29, 0.717) is 0 Å². The summed E-state index contributed by atoms with van der Waals surface area (Å²) < 4.78 is 52.3. The van der Waals surface area contributed by atoms with Crippen molar-refractivity contribution in [3.05, 3.63) is 75.5 Å². The molecule has 0 radical (unpaired) electrons. The molecule has 0 amide bonds. The third-order valence-corrected chi connectivity index (χ3v) is 4.18. The predicted octanol–water partition coefficient (Wildman–Crippen LogP) is 6.03. The van der Waals surface area contributed by atoms with E-state index in [9.17, 15) is 13.2 Å². The van der Waals surface area contributed by atoms with Gasteiger partial charge in [0.05, 0.1) is 16.1 Å². The lowest BCUT2D eigenvalue weighted by molar-refractivity contribution is 0.394. The molecule has 8 heteroatoms. The Bertz CT molecular complexity index is 1070. The Morgan fingerprint density at radius 3 is 2.30 bits per heavy atom. The lowest BCUT2D eigenvalue weighted by Crippen LogP contribution is -1.97. The lowest BCUT2D eigenvalue weighted by atomic mass is 10.1. The van der Waals surface area contributed by atoms with Crippen LogP contribution >= 0.6 is 15.9 Å². The van der Waals surface area contributed by atoms with Crippen LogP contribution in [-0.4, -0.2) is 4.98 Å². The smallest absolute Gasteiger partial charge is 0.222 e. The molecule has 0 atom stereocenters. The summed E-state index contributed by atoms with van der Waals surface area (Å²) >= 11 is 2.88. The first kappa shape index (κ1) is 18.7. The number of benzene rings is 2. The van der Waals surface area contributed by atoms with Crippen molar-refractivity contribution in [2.24, 2.45) is 0 Å². The molecule has 0 aliphatic carbocycles. The van der Waals surface area contributed by atoms with Gasteiger partial charge in [-0.1, -0.05) is 6.07 Å². The molecule has 0 unspecified atom stereocenters. The van der Waals surface area contributed by atoms with E-state index in [1.165, 1.54) is 37.3 Å². The van der Waals surface area contributed by atoms with Crippen LogP contribution in [0.3, 0.4) is 0 Å². The van der Waals surface area contributed by atoms with Crippen molar-refractivity contribution in [2.75, 3.05) is 0 Å². The second-order valence-corrected chi connectivity index (χ2v) is 6.23. The third-order valence-electron chi connectivity index (χ3n) is 3.57. The van der Waals surface area contributed by atoms with Crippen LogP contribution < -0.4 is 9.47 Å². The fraction of sp³-hybridized carbons (Fsp3) is 0.0526. The number of halogens is 4. The van der Waals surface area contributed by atoms with Gasteiger partial charge in [0, 0.05) is 23.8 Å². The average molecular weight is 435 g/mol. The van der Waals surface area contributed by atoms with Gasteiger partial charge in [0.15, 0.2) is 23.1 Å². The van der Waals surface area contributed by atoms with Crippen LogP contribution in [0, 0.1) is 35.7 Å². The molecule has 0 spiro atoms. The normalized spacial score (nSPS) is 10.4. The Labute approximate surface area is 160 Å². The van der Waals surface area contributed by atoms with Gasteiger partial charge in [-0.3, -0.25) is 0 Å². The number of hydrogen-bond acceptors (Lipinski definition) is 4. The second kappa shape index (κ2) is 7.68. The molecular formula is C19H10BrF3N2O2. The van der Waals surface area contributed by atoms with Gasteiger partial charge in [-0.2, -0.15) is 10.2 Å². The molecular weight excluding hydrogens is 425 g/mol. The maximum atomic E-state index is 14.3. The zero-order valence-electron chi connectivity index (χ0n) is 13.8. The quantitative estimate of drug-likeness (QED) is 0.470. The van der Waals surface area contributed by atoms with E-state index in [-0.39, 0.29) is 38.9 Å². The maximum absolute atomic E-state index is 14.3. The van der Waals surface area contributed by atoms with Crippen molar-refractivity contribution < 1.29 is 22.6 Å². The molecule has 0 fully saturated rings. The van der Waals surface area contributed by atoms with Crippen molar-refractivity contribution in [2.45, 2.75) is 6.92 Å². The van der Waals surface area contributed by atoms with Crippen LogP contribution in [0.25, 0.3) is 0 Å². The highest BCUT2D eigenvalue weighted by atomic mass is 79.9. The molecule has 0 saturated carbocycles. The number of pyridine rings is 1. The highest BCUT2D eigenvalue weighted by Crippen LogP contribution is 2.31. The second-order valence-electron chi connectivity index (χ2n) is 5.38. The highest BCUT2D eigenvalue weighted by molar-refractivity contribution is 9.10. The Hall–Kier alpha value is -3.05. The monoisotopic (exact) mass is 434 g/mol. The number of nitrogens with zero attached hydrogens (tertiary/aromatic N) is 2. The van der Waals surface area contributed by atoms with Crippen molar-refractivity contribution >= 4 is 15.9 Å². The molecule has 3 aromatic rings.